The van der Waals surface area contributed by atoms with Gasteiger partial charge in [-0.05, 0) is 12.1 Å². The molecule has 6 heteroatoms. The number of hydrogen-bond donors (Lipinski definition) is 1. The molecule has 1 N–H and O–H groups in total. The van der Waals surface area contributed by atoms with Crippen LogP contribution in [0.1, 0.15) is 5.69 Å². The van der Waals surface area contributed by atoms with Crippen molar-refractivity contribution in [3.05, 3.63) is 30.1 Å². The lowest BCUT2D eigenvalue weighted by Gasteiger charge is -2.23. The third kappa shape index (κ3) is 3.44. The monoisotopic (exact) mass is 238 g/mol. The maximum atomic E-state index is 11.3. The van der Waals surface area contributed by atoms with Crippen LogP contribution in [0, 0.1) is 0 Å². The van der Waals surface area contributed by atoms with E-state index in [0.717, 1.165) is 4.90 Å². The number of nitrogens with zero attached hydrogens (tertiary/aromatic N) is 2. The molecular weight excluding hydrogens is 224 g/mol. The molecular formula is C11H14N2O4. The molecule has 0 aliphatic carbocycles. The average molecular weight is 238 g/mol. The van der Waals surface area contributed by atoms with Crippen molar-refractivity contribution in [3.63, 3.8) is 0 Å². The highest BCUT2D eigenvalue weighted by Gasteiger charge is 2.27. The first kappa shape index (κ1) is 13.0. The van der Waals surface area contributed by atoms with E-state index in [9.17, 15) is 9.59 Å². The van der Waals surface area contributed by atoms with E-state index in [1.54, 1.807) is 24.4 Å². The Hall–Kier alpha value is -2.11. The van der Waals surface area contributed by atoms with Crippen molar-refractivity contribution in [1.82, 2.24) is 9.88 Å². The van der Waals surface area contributed by atoms with Crippen LogP contribution in [-0.2, 0) is 16.0 Å². The molecule has 0 spiro atoms. The van der Waals surface area contributed by atoms with Crippen LogP contribution in [0.25, 0.3) is 0 Å². The summed E-state index contributed by atoms with van der Waals surface area (Å²) in [5.41, 5.74) is 0.607. The van der Waals surface area contributed by atoms with E-state index in [2.05, 4.69) is 9.72 Å². The van der Waals surface area contributed by atoms with Crippen LogP contribution in [0.2, 0.25) is 0 Å². The molecule has 0 aromatic carbocycles. The van der Waals surface area contributed by atoms with Gasteiger partial charge in [0, 0.05) is 25.4 Å². The summed E-state index contributed by atoms with van der Waals surface area (Å²) in [7, 11) is 2.59. The number of methoxy groups -OCH3 is 1. The van der Waals surface area contributed by atoms with Crippen molar-refractivity contribution in [3.8, 4) is 0 Å². The molecule has 1 unspecified atom stereocenters. The molecule has 92 valence electrons. The molecule has 17 heavy (non-hydrogen) atoms. The van der Waals surface area contributed by atoms with Gasteiger partial charge in [-0.15, -0.1) is 0 Å². The zero-order valence-corrected chi connectivity index (χ0v) is 9.66. The lowest BCUT2D eigenvalue weighted by molar-refractivity contribution is -0.142. The summed E-state index contributed by atoms with van der Waals surface area (Å²) < 4.78 is 4.48. The van der Waals surface area contributed by atoms with Crippen molar-refractivity contribution in [2.24, 2.45) is 0 Å². The number of rotatable bonds is 4. The second-order valence-electron chi connectivity index (χ2n) is 3.46. The second-order valence-corrected chi connectivity index (χ2v) is 3.46. The molecule has 0 fully saturated rings. The number of likely N-dealkylation sites (N-methyl/N-ethyl adjacent to an activating group) is 1. The van der Waals surface area contributed by atoms with E-state index in [4.69, 9.17) is 5.11 Å². The van der Waals surface area contributed by atoms with Gasteiger partial charge >= 0.3 is 12.1 Å². The molecule has 1 amide bonds. The molecule has 1 aromatic rings. The van der Waals surface area contributed by atoms with E-state index in [0.29, 0.717) is 5.69 Å². The quantitative estimate of drug-likeness (QED) is 0.838. The Morgan fingerprint density at radius 1 is 1.53 bits per heavy atom. The van der Waals surface area contributed by atoms with Crippen molar-refractivity contribution >= 4 is 12.1 Å². The molecule has 0 aliphatic heterocycles. The van der Waals surface area contributed by atoms with Gasteiger partial charge in [-0.25, -0.2) is 9.59 Å². The molecule has 0 saturated carbocycles. The van der Waals surface area contributed by atoms with Gasteiger partial charge in [0.05, 0.1) is 7.11 Å². The zero-order chi connectivity index (χ0) is 12.8. The second kappa shape index (κ2) is 5.83. The van der Waals surface area contributed by atoms with Crippen LogP contribution < -0.4 is 0 Å². The normalized spacial score (nSPS) is 11.6. The zero-order valence-electron chi connectivity index (χ0n) is 9.66. The maximum Gasteiger partial charge on any atom is 0.409 e. The average Bonchev–Trinajstić information content (AvgIpc) is 2.35. The van der Waals surface area contributed by atoms with Gasteiger partial charge in [-0.3, -0.25) is 9.88 Å². The van der Waals surface area contributed by atoms with Crippen LogP contribution in [0.15, 0.2) is 24.4 Å². The van der Waals surface area contributed by atoms with Gasteiger partial charge < -0.3 is 9.84 Å². The first-order chi connectivity index (χ1) is 8.06. The molecule has 1 aromatic heterocycles. The van der Waals surface area contributed by atoms with E-state index in [-0.39, 0.29) is 6.42 Å². The standard InChI is InChI=1S/C11H14N2O4/c1-13(11(16)17-2)9(10(14)15)7-8-5-3-4-6-12-8/h3-6,9H,7H2,1-2H3,(H,14,15). The van der Waals surface area contributed by atoms with Crippen molar-refractivity contribution in [2.45, 2.75) is 12.5 Å². The van der Waals surface area contributed by atoms with Gasteiger partial charge in [0.15, 0.2) is 0 Å². The number of carboxylic acids is 1. The van der Waals surface area contributed by atoms with Gasteiger partial charge in [0.2, 0.25) is 0 Å². The molecule has 0 radical (unpaired) electrons. The summed E-state index contributed by atoms with van der Waals surface area (Å²) >= 11 is 0. The Morgan fingerprint density at radius 2 is 2.24 bits per heavy atom. The lowest BCUT2D eigenvalue weighted by Crippen LogP contribution is -2.43. The summed E-state index contributed by atoms with van der Waals surface area (Å²) in [5.74, 6) is -1.09. The summed E-state index contributed by atoms with van der Waals surface area (Å²) in [6.45, 7) is 0. The van der Waals surface area contributed by atoms with Crippen LogP contribution in [-0.4, -0.2) is 47.3 Å². The third-order valence-corrected chi connectivity index (χ3v) is 2.34. The summed E-state index contributed by atoms with van der Waals surface area (Å²) in [4.78, 5) is 27.4. The Bertz CT molecular complexity index is 394. The van der Waals surface area contributed by atoms with Crippen molar-refractivity contribution in [1.29, 1.82) is 0 Å². The fourth-order valence-corrected chi connectivity index (χ4v) is 1.38. The van der Waals surface area contributed by atoms with Gasteiger partial charge in [0.25, 0.3) is 0 Å². The lowest BCUT2D eigenvalue weighted by atomic mass is 10.1. The van der Waals surface area contributed by atoms with Crippen LogP contribution in [0.3, 0.4) is 0 Å². The van der Waals surface area contributed by atoms with Crippen LogP contribution in [0.4, 0.5) is 4.79 Å². The van der Waals surface area contributed by atoms with Gasteiger partial charge in [0.1, 0.15) is 6.04 Å². The summed E-state index contributed by atoms with van der Waals surface area (Å²) in [6.07, 6.45) is 1.03. The Kier molecular flexibility index (Phi) is 4.45. The fraction of sp³-hybridized carbons (Fsp3) is 0.364. The predicted octanol–water partition coefficient (Wildman–Crippen LogP) is 0.775. The smallest absolute Gasteiger partial charge is 0.409 e. The molecule has 0 aliphatic rings. The molecule has 0 bridgehead atoms. The van der Waals surface area contributed by atoms with Crippen LogP contribution >= 0.6 is 0 Å². The molecule has 0 saturated heterocycles. The van der Waals surface area contributed by atoms with E-state index >= 15 is 0 Å². The first-order valence-electron chi connectivity index (χ1n) is 4.99. The number of carbonyl (C=O) groups is 2. The predicted molar refractivity (Wildman–Crippen MR) is 59.5 cm³/mol. The fourth-order valence-electron chi connectivity index (χ4n) is 1.38. The number of aliphatic carboxylic acids is 1. The Labute approximate surface area is 98.8 Å². The first-order valence-corrected chi connectivity index (χ1v) is 4.99. The van der Waals surface area contributed by atoms with Gasteiger partial charge in [-0.2, -0.15) is 0 Å². The molecule has 1 rings (SSSR count). The van der Waals surface area contributed by atoms with E-state index < -0.39 is 18.1 Å². The Balaban J connectivity index is 2.81. The highest BCUT2D eigenvalue weighted by atomic mass is 16.5. The van der Waals surface area contributed by atoms with Gasteiger partial charge in [-0.1, -0.05) is 6.07 Å². The minimum Gasteiger partial charge on any atom is -0.480 e. The summed E-state index contributed by atoms with van der Waals surface area (Å²) in [5, 5.41) is 9.07. The summed E-state index contributed by atoms with van der Waals surface area (Å²) in [6, 6.07) is 4.22. The van der Waals surface area contributed by atoms with Crippen LogP contribution in [0.5, 0.6) is 0 Å². The molecule has 1 atom stereocenters. The Morgan fingerprint density at radius 3 is 2.71 bits per heavy atom. The van der Waals surface area contributed by atoms with E-state index in [1.807, 2.05) is 0 Å². The SMILES string of the molecule is COC(=O)N(C)C(Cc1ccccn1)C(=O)O. The number of carboxylic acid groups (broad SMARTS) is 1. The van der Waals surface area contributed by atoms with Crippen molar-refractivity contribution < 1.29 is 19.4 Å². The number of pyridine rings is 1. The topological polar surface area (TPSA) is 79.7 Å². The highest BCUT2D eigenvalue weighted by Crippen LogP contribution is 2.07. The maximum absolute atomic E-state index is 11.3. The number of amides is 1. The number of hydrogen-bond acceptors (Lipinski definition) is 4. The number of ether oxygens (including phenoxy) is 1. The minimum absolute atomic E-state index is 0.141. The number of carbonyl (C=O) groups excluding carboxylic acids is 1. The molecule has 1 heterocycles. The molecule has 6 nitrogen and oxygen atoms in total. The van der Waals surface area contributed by atoms with E-state index in [1.165, 1.54) is 14.2 Å². The number of aromatic nitrogens is 1. The van der Waals surface area contributed by atoms with Crippen molar-refractivity contribution in [2.75, 3.05) is 14.2 Å². The highest BCUT2D eigenvalue weighted by molar-refractivity contribution is 5.80. The largest absolute Gasteiger partial charge is 0.480 e. The minimum atomic E-state index is -1.09. The third-order valence-electron chi connectivity index (χ3n) is 2.34.